The number of nitrogens with one attached hydrogen (secondary N) is 2. The number of rotatable bonds is 10. The molecular weight excluding hydrogens is 288 g/mol. The Kier molecular flexibility index (Phi) is 8.50. The van der Waals surface area contributed by atoms with E-state index in [0.717, 1.165) is 19.3 Å². The van der Waals surface area contributed by atoms with Crippen LogP contribution in [0.5, 0.6) is 0 Å². The number of carboxylic acids is 1. The second-order valence-corrected chi connectivity index (χ2v) is 6.04. The van der Waals surface area contributed by atoms with Gasteiger partial charge in [-0.3, -0.25) is 4.79 Å². The van der Waals surface area contributed by atoms with E-state index in [0.29, 0.717) is 25.4 Å². The highest BCUT2D eigenvalue weighted by Crippen LogP contribution is 2.14. The summed E-state index contributed by atoms with van der Waals surface area (Å²) in [6.45, 7) is 3.26. The summed E-state index contributed by atoms with van der Waals surface area (Å²) in [7, 11) is 0. The van der Waals surface area contributed by atoms with Crippen LogP contribution in [0.25, 0.3) is 0 Å². The fraction of sp³-hybridized carbons (Fsp3) is 0.600. The van der Waals surface area contributed by atoms with E-state index in [2.05, 4.69) is 16.7 Å². The molecule has 118 valence electrons. The first-order valence-corrected chi connectivity index (χ1v) is 8.25. The predicted molar refractivity (Wildman–Crippen MR) is 84.7 cm³/mol. The number of carbonyl (C=O) groups is 2. The van der Waals surface area contributed by atoms with Crippen LogP contribution in [-0.4, -0.2) is 30.2 Å². The minimum atomic E-state index is -0.757. The Morgan fingerprint density at radius 3 is 2.67 bits per heavy atom. The molecule has 0 spiro atoms. The fourth-order valence-electron chi connectivity index (χ4n) is 2.09. The summed E-state index contributed by atoms with van der Waals surface area (Å²) >= 11 is 1.69. The number of thiophene rings is 1. The molecule has 0 fully saturated rings. The van der Waals surface area contributed by atoms with Gasteiger partial charge in [0.1, 0.15) is 0 Å². The van der Waals surface area contributed by atoms with Gasteiger partial charge in [0.2, 0.25) is 0 Å². The lowest BCUT2D eigenvalue weighted by Crippen LogP contribution is -2.37. The lowest BCUT2D eigenvalue weighted by molar-refractivity contribution is -0.137. The van der Waals surface area contributed by atoms with Gasteiger partial charge >= 0.3 is 12.0 Å². The summed E-state index contributed by atoms with van der Waals surface area (Å²) in [6.07, 6.45) is 3.48. The second-order valence-electron chi connectivity index (χ2n) is 5.01. The van der Waals surface area contributed by atoms with Gasteiger partial charge < -0.3 is 15.7 Å². The molecule has 1 heterocycles. The Hall–Kier alpha value is -1.56. The Balaban J connectivity index is 2.07. The largest absolute Gasteiger partial charge is 0.481 e. The van der Waals surface area contributed by atoms with Crippen LogP contribution in [-0.2, 0) is 11.2 Å². The zero-order valence-electron chi connectivity index (χ0n) is 12.4. The maximum atomic E-state index is 11.6. The molecule has 0 aromatic carbocycles. The highest BCUT2D eigenvalue weighted by molar-refractivity contribution is 7.09. The lowest BCUT2D eigenvalue weighted by atomic mass is 9.97. The van der Waals surface area contributed by atoms with E-state index < -0.39 is 5.97 Å². The molecule has 6 heteroatoms. The maximum Gasteiger partial charge on any atom is 0.314 e. The van der Waals surface area contributed by atoms with E-state index in [1.807, 2.05) is 18.4 Å². The van der Waals surface area contributed by atoms with Crippen molar-refractivity contribution in [2.24, 2.45) is 5.92 Å². The number of carboxylic acid groups (broad SMARTS) is 1. The van der Waals surface area contributed by atoms with E-state index in [4.69, 9.17) is 5.11 Å². The molecule has 0 saturated carbocycles. The maximum absolute atomic E-state index is 11.6. The standard InChI is InChI=1S/C15H24N2O3S/c1-2-12(5-6-14(18)19)7-9-16-15(20)17-10-8-13-4-3-11-21-13/h3-4,11-12H,2,5-10H2,1H3,(H,18,19)(H2,16,17,20). The third-order valence-electron chi connectivity index (χ3n) is 3.42. The Morgan fingerprint density at radius 1 is 1.29 bits per heavy atom. The van der Waals surface area contributed by atoms with Gasteiger partial charge in [0.05, 0.1) is 0 Å². The van der Waals surface area contributed by atoms with Gasteiger partial charge in [-0.1, -0.05) is 19.4 Å². The predicted octanol–water partition coefficient (Wildman–Crippen LogP) is 2.87. The van der Waals surface area contributed by atoms with Crippen molar-refractivity contribution in [1.29, 1.82) is 0 Å². The zero-order valence-corrected chi connectivity index (χ0v) is 13.2. The van der Waals surface area contributed by atoms with E-state index in [9.17, 15) is 9.59 Å². The molecule has 1 rings (SSSR count). The van der Waals surface area contributed by atoms with Crippen molar-refractivity contribution in [2.45, 2.75) is 39.0 Å². The topological polar surface area (TPSA) is 78.4 Å². The molecule has 3 N–H and O–H groups in total. The SMILES string of the molecule is CCC(CCNC(=O)NCCc1cccs1)CCC(=O)O. The third kappa shape index (κ3) is 8.34. The van der Waals surface area contributed by atoms with Crippen molar-refractivity contribution in [3.8, 4) is 0 Å². The summed E-state index contributed by atoms with van der Waals surface area (Å²) in [5, 5.41) is 16.3. The molecule has 0 saturated heterocycles. The normalized spacial score (nSPS) is 11.9. The smallest absolute Gasteiger partial charge is 0.314 e. The summed E-state index contributed by atoms with van der Waals surface area (Å²) in [5.74, 6) is -0.403. The monoisotopic (exact) mass is 312 g/mol. The van der Waals surface area contributed by atoms with Crippen molar-refractivity contribution < 1.29 is 14.7 Å². The van der Waals surface area contributed by atoms with Gasteiger partial charge in [0.15, 0.2) is 0 Å². The van der Waals surface area contributed by atoms with E-state index in [1.165, 1.54) is 4.88 Å². The van der Waals surface area contributed by atoms with Gasteiger partial charge in [0, 0.05) is 24.4 Å². The highest BCUT2D eigenvalue weighted by Gasteiger charge is 2.09. The molecule has 5 nitrogen and oxygen atoms in total. The molecule has 1 aromatic rings. The first kappa shape index (κ1) is 17.5. The molecule has 2 amide bonds. The Labute approximate surface area is 129 Å². The molecule has 0 radical (unpaired) electrons. The number of urea groups is 1. The summed E-state index contributed by atoms with van der Waals surface area (Å²) in [5.41, 5.74) is 0. The van der Waals surface area contributed by atoms with Crippen LogP contribution in [0.1, 0.15) is 37.5 Å². The van der Waals surface area contributed by atoms with Crippen molar-refractivity contribution in [3.05, 3.63) is 22.4 Å². The number of carbonyl (C=O) groups excluding carboxylic acids is 1. The van der Waals surface area contributed by atoms with Crippen molar-refractivity contribution in [2.75, 3.05) is 13.1 Å². The van der Waals surface area contributed by atoms with E-state index in [1.54, 1.807) is 11.3 Å². The lowest BCUT2D eigenvalue weighted by Gasteiger charge is -2.14. The minimum Gasteiger partial charge on any atom is -0.481 e. The zero-order chi connectivity index (χ0) is 15.5. The third-order valence-corrected chi connectivity index (χ3v) is 4.36. The molecule has 0 bridgehead atoms. The number of aliphatic carboxylic acids is 1. The number of hydrogen-bond acceptors (Lipinski definition) is 3. The number of amides is 2. The van der Waals surface area contributed by atoms with E-state index >= 15 is 0 Å². The highest BCUT2D eigenvalue weighted by atomic mass is 32.1. The van der Waals surface area contributed by atoms with Crippen LogP contribution in [0, 0.1) is 5.92 Å². The molecule has 1 unspecified atom stereocenters. The molecule has 1 atom stereocenters. The van der Waals surface area contributed by atoms with Gasteiger partial charge in [-0.2, -0.15) is 0 Å². The molecule has 0 aliphatic rings. The minimum absolute atomic E-state index is 0.153. The van der Waals surface area contributed by atoms with E-state index in [-0.39, 0.29) is 12.5 Å². The van der Waals surface area contributed by atoms with Crippen LogP contribution in [0.3, 0.4) is 0 Å². The van der Waals surface area contributed by atoms with Crippen LogP contribution in [0.15, 0.2) is 17.5 Å². The first-order valence-electron chi connectivity index (χ1n) is 7.37. The Morgan fingerprint density at radius 2 is 2.05 bits per heavy atom. The van der Waals surface area contributed by atoms with Gasteiger partial charge in [-0.05, 0) is 36.6 Å². The molecule has 1 aromatic heterocycles. The number of hydrogen-bond donors (Lipinski definition) is 3. The van der Waals surface area contributed by atoms with Gasteiger partial charge in [-0.25, -0.2) is 4.79 Å². The van der Waals surface area contributed by atoms with Gasteiger partial charge in [-0.15, -0.1) is 11.3 Å². The quantitative estimate of drug-likeness (QED) is 0.621. The summed E-state index contributed by atoms with van der Waals surface area (Å²) < 4.78 is 0. The average Bonchev–Trinajstić information content (AvgIpc) is 2.95. The molecule has 21 heavy (non-hydrogen) atoms. The van der Waals surface area contributed by atoms with Crippen molar-refractivity contribution in [1.82, 2.24) is 10.6 Å². The van der Waals surface area contributed by atoms with Crippen LogP contribution in [0.2, 0.25) is 0 Å². The van der Waals surface area contributed by atoms with Crippen LogP contribution < -0.4 is 10.6 Å². The second kappa shape index (κ2) is 10.2. The first-order chi connectivity index (χ1) is 10.1. The molecule has 0 aliphatic heterocycles. The van der Waals surface area contributed by atoms with Crippen molar-refractivity contribution >= 4 is 23.3 Å². The fourth-order valence-corrected chi connectivity index (χ4v) is 2.80. The molecular formula is C15H24N2O3S. The molecule has 0 aliphatic carbocycles. The summed E-state index contributed by atoms with van der Waals surface area (Å²) in [4.78, 5) is 23.4. The van der Waals surface area contributed by atoms with Crippen LogP contribution >= 0.6 is 11.3 Å². The van der Waals surface area contributed by atoms with Gasteiger partial charge in [0.25, 0.3) is 0 Å². The van der Waals surface area contributed by atoms with Crippen LogP contribution in [0.4, 0.5) is 4.79 Å². The Bertz CT molecular complexity index is 421. The summed E-state index contributed by atoms with van der Waals surface area (Å²) in [6, 6.07) is 3.90. The average molecular weight is 312 g/mol. The van der Waals surface area contributed by atoms with Crippen molar-refractivity contribution in [3.63, 3.8) is 0 Å².